The quantitative estimate of drug-likeness (QED) is 0.828. The highest BCUT2D eigenvalue weighted by Gasteiger charge is 2.28. The van der Waals surface area contributed by atoms with Gasteiger partial charge < -0.3 is 10.6 Å². The maximum absolute atomic E-state index is 12.0. The number of benzene rings is 1. The molecule has 0 radical (unpaired) electrons. The minimum absolute atomic E-state index is 0.443. The van der Waals surface area contributed by atoms with E-state index in [4.69, 9.17) is 5.73 Å². The highest BCUT2D eigenvalue weighted by molar-refractivity contribution is 7.86. The summed E-state index contributed by atoms with van der Waals surface area (Å²) in [4.78, 5) is 13.1. The maximum Gasteiger partial charge on any atom is 0.281 e. The fourth-order valence-corrected chi connectivity index (χ4v) is 3.33. The van der Waals surface area contributed by atoms with Crippen LogP contribution in [0.3, 0.4) is 0 Å². The summed E-state index contributed by atoms with van der Waals surface area (Å²) >= 11 is 0. The molecule has 1 aliphatic rings. The van der Waals surface area contributed by atoms with E-state index in [2.05, 4.69) is 4.90 Å². The molecule has 0 saturated carbocycles. The summed E-state index contributed by atoms with van der Waals surface area (Å²) in [6, 6.07) is 7.02. The van der Waals surface area contributed by atoms with Crippen molar-refractivity contribution < 1.29 is 13.2 Å². The molecule has 2 N–H and O–H groups in total. The van der Waals surface area contributed by atoms with Crippen molar-refractivity contribution in [2.24, 2.45) is 5.73 Å². The molecule has 7 nitrogen and oxygen atoms in total. The average Bonchev–Trinajstić information content (AvgIpc) is 2.47. The molecule has 0 atom stereocenters. The van der Waals surface area contributed by atoms with E-state index in [1.165, 1.54) is 22.7 Å². The summed E-state index contributed by atoms with van der Waals surface area (Å²) < 4.78 is 26.8. The van der Waals surface area contributed by atoms with Gasteiger partial charge >= 0.3 is 0 Å². The van der Waals surface area contributed by atoms with E-state index >= 15 is 0 Å². The Balaban J connectivity index is 2.03. The highest BCUT2D eigenvalue weighted by Crippen LogP contribution is 2.18. The molecule has 2 rings (SSSR count). The van der Waals surface area contributed by atoms with Crippen molar-refractivity contribution in [2.75, 3.05) is 45.2 Å². The molecule has 0 unspecified atom stereocenters. The topological polar surface area (TPSA) is 87.0 Å². The van der Waals surface area contributed by atoms with Crippen LogP contribution in [0.15, 0.2) is 24.3 Å². The van der Waals surface area contributed by atoms with Gasteiger partial charge in [-0.25, -0.2) is 0 Å². The zero-order chi connectivity index (χ0) is 15.6. The largest absolute Gasteiger partial charge is 0.369 e. The molecule has 1 aliphatic heterocycles. The first-order valence-electron chi connectivity index (χ1n) is 6.65. The molecule has 21 heavy (non-hydrogen) atoms. The van der Waals surface area contributed by atoms with Crippen molar-refractivity contribution in [2.45, 2.75) is 0 Å². The number of nitrogens with zero attached hydrogens (tertiary/aromatic N) is 3. The molecule has 1 aromatic rings. The number of anilines is 1. The first kappa shape index (κ1) is 15.7. The summed E-state index contributed by atoms with van der Waals surface area (Å²) in [6.07, 6.45) is 0. The second kappa shape index (κ2) is 6.00. The van der Waals surface area contributed by atoms with E-state index < -0.39 is 16.1 Å². The lowest BCUT2D eigenvalue weighted by Crippen LogP contribution is -2.51. The molecule has 1 aromatic carbocycles. The smallest absolute Gasteiger partial charge is 0.281 e. The van der Waals surface area contributed by atoms with Crippen LogP contribution in [0.1, 0.15) is 10.4 Å². The summed E-state index contributed by atoms with van der Waals surface area (Å²) in [5.41, 5.74) is 6.63. The SMILES string of the molecule is CN(C)S(=O)(=O)N1CCN(c2ccc(C(N)=O)cc2)CC1. The number of hydrogen-bond donors (Lipinski definition) is 1. The molecular weight excluding hydrogens is 292 g/mol. The van der Waals surface area contributed by atoms with Crippen LogP contribution in [0.4, 0.5) is 5.69 Å². The Kier molecular flexibility index (Phi) is 4.50. The van der Waals surface area contributed by atoms with E-state index in [0.717, 1.165) is 5.69 Å². The lowest BCUT2D eigenvalue weighted by atomic mass is 10.2. The van der Waals surface area contributed by atoms with Crippen LogP contribution in [-0.4, -0.2) is 63.2 Å². The predicted octanol–water partition coefficient (Wildman–Crippen LogP) is -0.286. The van der Waals surface area contributed by atoms with Gasteiger partial charge in [0.15, 0.2) is 0 Å². The maximum atomic E-state index is 12.0. The Morgan fingerprint density at radius 1 is 1.10 bits per heavy atom. The van der Waals surface area contributed by atoms with Gasteiger partial charge in [-0.2, -0.15) is 17.0 Å². The second-order valence-corrected chi connectivity index (χ2v) is 7.23. The molecule has 1 heterocycles. The Labute approximate surface area is 125 Å². The van der Waals surface area contributed by atoms with E-state index in [9.17, 15) is 13.2 Å². The predicted molar refractivity (Wildman–Crippen MR) is 81.4 cm³/mol. The number of nitrogens with two attached hydrogens (primary N) is 1. The molecule has 0 bridgehead atoms. The number of carbonyl (C=O) groups is 1. The van der Waals surface area contributed by atoms with Gasteiger partial charge in [0.1, 0.15) is 0 Å². The summed E-state index contributed by atoms with van der Waals surface area (Å²) in [7, 11) is -0.281. The monoisotopic (exact) mass is 312 g/mol. The van der Waals surface area contributed by atoms with Crippen LogP contribution in [0.2, 0.25) is 0 Å². The molecule has 1 fully saturated rings. The first-order chi connectivity index (χ1) is 9.82. The van der Waals surface area contributed by atoms with E-state index in [1.54, 1.807) is 12.1 Å². The zero-order valence-corrected chi connectivity index (χ0v) is 13.0. The Bertz CT molecular complexity index is 605. The molecule has 0 aromatic heterocycles. The molecule has 8 heteroatoms. The van der Waals surface area contributed by atoms with Crippen molar-refractivity contribution in [3.05, 3.63) is 29.8 Å². The summed E-state index contributed by atoms with van der Waals surface area (Å²) in [5.74, 6) is -0.455. The molecule has 0 aliphatic carbocycles. The van der Waals surface area contributed by atoms with Crippen LogP contribution in [-0.2, 0) is 10.2 Å². The van der Waals surface area contributed by atoms with Gasteiger partial charge in [-0.05, 0) is 24.3 Å². The third kappa shape index (κ3) is 3.34. The Morgan fingerprint density at radius 2 is 1.62 bits per heavy atom. The third-order valence-electron chi connectivity index (χ3n) is 3.54. The van der Waals surface area contributed by atoms with Crippen LogP contribution in [0.25, 0.3) is 0 Å². The van der Waals surface area contributed by atoms with Crippen LogP contribution in [0.5, 0.6) is 0 Å². The van der Waals surface area contributed by atoms with Gasteiger partial charge in [0.2, 0.25) is 5.91 Å². The molecular formula is C13H20N4O3S. The fraction of sp³-hybridized carbons (Fsp3) is 0.462. The standard InChI is InChI=1S/C13H20N4O3S/c1-15(2)21(19,20)17-9-7-16(8-10-17)12-5-3-11(4-6-12)13(14)18/h3-6H,7-10H2,1-2H3,(H2,14,18). The van der Waals surface area contributed by atoms with Gasteiger partial charge in [-0.1, -0.05) is 0 Å². The van der Waals surface area contributed by atoms with Gasteiger partial charge in [0.25, 0.3) is 10.2 Å². The van der Waals surface area contributed by atoms with Gasteiger partial charge in [0.05, 0.1) is 0 Å². The first-order valence-corrected chi connectivity index (χ1v) is 8.04. The van der Waals surface area contributed by atoms with Gasteiger partial charge in [0, 0.05) is 51.5 Å². The highest BCUT2D eigenvalue weighted by atomic mass is 32.2. The van der Waals surface area contributed by atoms with E-state index in [1.807, 2.05) is 12.1 Å². The van der Waals surface area contributed by atoms with Gasteiger partial charge in [-0.3, -0.25) is 4.79 Å². The number of amides is 1. The fourth-order valence-electron chi connectivity index (χ4n) is 2.24. The van der Waals surface area contributed by atoms with Crippen LogP contribution in [0, 0.1) is 0 Å². The summed E-state index contributed by atoms with van der Waals surface area (Å²) in [6.45, 7) is 2.11. The van der Waals surface area contributed by atoms with Crippen molar-refractivity contribution >= 4 is 21.8 Å². The van der Waals surface area contributed by atoms with Crippen molar-refractivity contribution in [3.63, 3.8) is 0 Å². The Morgan fingerprint density at radius 3 is 2.05 bits per heavy atom. The zero-order valence-electron chi connectivity index (χ0n) is 12.2. The third-order valence-corrected chi connectivity index (χ3v) is 5.48. The van der Waals surface area contributed by atoms with Gasteiger partial charge in [-0.15, -0.1) is 0 Å². The Hall–Kier alpha value is -1.64. The van der Waals surface area contributed by atoms with Crippen molar-refractivity contribution in [1.82, 2.24) is 8.61 Å². The molecule has 1 saturated heterocycles. The number of primary amides is 1. The summed E-state index contributed by atoms with van der Waals surface area (Å²) in [5, 5.41) is 0. The molecule has 1 amide bonds. The van der Waals surface area contributed by atoms with E-state index in [-0.39, 0.29) is 0 Å². The lowest BCUT2D eigenvalue weighted by Gasteiger charge is -2.36. The lowest BCUT2D eigenvalue weighted by molar-refractivity contribution is 0.100. The minimum Gasteiger partial charge on any atom is -0.369 e. The van der Waals surface area contributed by atoms with Crippen molar-refractivity contribution in [3.8, 4) is 0 Å². The van der Waals surface area contributed by atoms with Crippen LogP contribution >= 0.6 is 0 Å². The molecule has 116 valence electrons. The van der Waals surface area contributed by atoms with Crippen LogP contribution < -0.4 is 10.6 Å². The van der Waals surface area contributed by atoms with Crippen molar-refractivity contribution in [1.29, 1.82) is 0 Å². The normalized spacial score (nSPS) is 17.2. The number of rotatable bonds is 4. The number of piperazine rings is 1. The average molecular weight is 312 g/mol. The molecule has 0 spiro atoms. The van der Waals surface area contributed by atoms with E-state index in [0.29, 0.717) is 31.7 Å². The number of carbonyl (C=O) groups excluding carboxylic acids is 1. The number of hydrogen-bond acceptors (Lipinski definition) is 4. The minimum atomic E-state index is -3.34. The second-order valence-electron chi connectivity index (χ2n) is 5.09.